The van der Waals surface area contributed by atoms with Crippen LogP contribution in [0.5, 0.6) is 0 Å². The monoisotopic (exact) mass is 602 g/mol. The van der Waals surface area contributed by atoms with Crippen LogP contribution in [0.4, 0.5) is 0 Å². The number of allylic oxidation sites excluding steroid dienone is 8. The summed E-state index contributed by atoms with van der Waals surface area (Å²) in [7, 11) is 2.00. The molecule has 0 aromatic heterocycles. The summed E-state index contributed by atoms with van der Waals surface area (Å²) in [6.45, 7) is 7.83. The first-order valence-electron chi connectivity index (χ1n) is 18.8. The Morgan fingerprint density at radius 2 is 0.860 bits per heavy atom. The van der Waals surface area contributed by atoms with Crippen LogP contribution in [0.3, 0.4) is 0 Å². The summed E-state index contributed by atoms with van der Waals surface area (Å²) in [5.41, 5.74) is 0. The van der Waals surface area contributed by atoms with E-state index in [4.69, 9.17) is 9.47 Å². The highest BCUT2D eigenvalue weighted by Gasteiger charge is 2.08. The summed E-state index contributed by atoms with van der Waals surface area (Å²) in [4.78, 5) is 0. The molecule has 0 aliphatic heterocycles. The van der Waals surface area contributed by atoms with Gasteiger partial charge in [-0.2, -0.15) is 0 Å². The molecule has 1 atom stereocenters. The summed E-state index contributed by atoms with van der Waals surface area (Å²) in [5.74, 6) is 0. The number of hydrogen-bond donors (Lipinski definition) is 1. The summed E-state index contributed by atoms with van der Waals surface area (Å²) in [6, 6.07) is 0. The zero-order valence-corrected chi connectivity index (χ0v) is 29.3. The Labute approximate surface area is 270 Å². The third kappa shape index (κ3) is 36.9. The van der Waals surface area contributed by atoms with E-state index in [0.29, 0.717) is 6.61 Å². The largest absolute Gasteiger partial charge is 0.379 e. The van der Waals surface area contributed by atoms with Crippen molar-refractivity contribution in [2.45, 2.75) is 174 Å². The van der Waals surface area contributed by atoms with Gasteiger partial charge in [-0.25, -0.2) is 0 Å². The SMILES string of the molecule is CCCCCC=CCC=CCCCCCCCCOCC(CNC)OCCCCCCCCC=CCC=CCCCCC. The third-order valence-corrected chi connectivity index (χ3v) is 7.92. The van der Waals surface area contributed by atoms with E-state index >= 15 is 0 Å². The number of ether oxygens (including phenoxy) is 2. The van der Waals surface area contributed by atoms with E-state index < -0.39 is 0 Å². The Hall–Kier alpha value is -1.16. The smallest absolute Gasteiger partial charge is 0.0932 e. The molecule has 0 saturated heterocycles. The van der Waals surface area contributed by atoms with Gasteiger partial charge in [-0.15, -0.1) is 0 Å². The number of likely N-dealkylation sites (N-methyl/N-ethyl adjacent to an activating group) is 1. The predicted molar refractivity (Wildman–Crippen MR) is 193 cm³/mol. The molecule has 0 aliphatic rings. The number of hydrogen-bond acceptors (Lipinski definition) is 3. The average Bonchev–Trinajstić information content (AvgIpc) is 3.01. The second kappa shape index (κ2) is 38.9. The Bertz CT molecular complexity index is 624. The Balaban J connectivity index is 3.48. The minimum Gasteiger partial charge on any atom is -0.379 e. The molecule has 0 aromatic carbocycles. The minimum absolute atomic E-state index is 0.174. The molecule has 0 rings (SSSR count). The molecule has 43 heavy (non-hydrogen) atoms. The molecule has 1 unspecified atom stereocenters. The maximum atomic E-state index is 6.12. The first kappa shape index (κ1) is 41.8. The van der Waals surface area contributed by atoms with Crippen molar-refractivity contribution >= 4 is 0 Å². The lowest BCUT2D eigenvalue weighted by Gasteiger charge is -2.18. The van der Waals surface area contributed by atoms with Crippen molar-refractivity contribution in [2.75, 3.05) is 33.4 Å². The van der Waals surface area contributed by atoms with E-state index in [-0.39, 0.29) is 6.10 Å². The Morgan fingerprint density at radius 3 is 1.30 bits per heavy atom. The maximum Gasteiger partial charge on any atom is 0.0932 e. The molecule has 0 heterocycles. The van der Waals surface area contributed by atoms with Crippen molar-refractivity contribution < 1.29 is 9.47 Å². The van der Waals surface area contributed by atoms with Gasteiger partial charge in [0, 0.05) is 19.8 Å². The Kier molecular flexibility index (Phi) is 37.8. The molecule has 0 radical (unpaired) electrons. The van der Waals surface area contributed by atoms with Crippen LogP contribution in [-0.2, 0) is 9.47 Å². The molecule has 0 saturated carbocycles. The highest BCUT2D eigenvalue weighted by molar-refractivity contribution is 4.93. The van der Waals surface area contributed by atoms with Crippen LogP contribution in [0.15, 0.2) is 48.6 Å². The highest BCUT2D eigenvalue weighted by atomic mass is 16.5. The van der Waals surface area contributed by atoms with Gasteiger partial charge in [-0.3, -0.25) is 0 Å². The zero-order chi connectivity index (χ0) is 31.2. The molecule has 1 N–H and O–H groups in total. The predicted octanol–water partition coefficient (Wildman–Crippen LogP) is 12.2. The van der Waals surface area contributed by atoms with E-state index in [9.17, 15) is 0 Å². The Morgan fingerprint density at radius 1 is 0.465 bits per heavy atom. The van der Waals surface area contributed by atoms with Crippen LogP contribution < -0.4 is 5.32 Å². The zero-order valence-electron chi connectivity index (χ0n) is 29.3. The van der Waals surface area contributed by atoms with E-state index in [2.05, 4.69) is 67.8 Å². The van der Waals surface area contributed by atoms with Crippen LogP contribution in [0.1, 0.15) is 168 Å². The lowest BCUT2D eigenvalue weighted by molar-refractivity contribution is -0.0167. The molecule has 0 fully saturated rings. The van der Waals surface area contributed by atoms with Gasteiger partial charge in [0.15, 0.2) is 0 Å². The van der Waals surface area contributed by atoms with E-state index in [0.717, 1.165) is 39.0 Å². The van der Waals surface area contributed by atoms with Crippen molar-refractivity contribution in [2.24, 2.45) is 0 Å². The number of rotatable bonds is 35. The highest BCUT2D eigenvalue weighted by Crippen LogP contribution is 2.10. The van der Waals surface area contributed by atoms with Gasteiger partial charge in [0.05, 0.1) is 12.7 Å². The van der Waals surface area contributed by atoms with Crippen LogP contribution in [0.25, 0.3) is 0 Å². The first-order valence-corrected chi connectivity index (χ1v) is 18.8. The topological polar surface area (TPSA) is 30.5 Å². The van der Waals surface area contributed by atoms with Gasteiger partial charge in [0.2, 0.25) is 0 Å². The summed E-state index contributed by atoms with van der Waals surface area (Å²) in [6.07, 6.45) is 49.7. The normalized spacial score (nSPS) is 13.1. The summed E-state index contributed by atoms with van der Waals surface area (Å²) in [5, 5.41) is 3.26. The van der Waals surface area contributed by atoms with Gasteiger partial charge in [-0.1, -0.05) is 140 Å². The van der Waals surface area contributed by atoms with Crippen LogP contribution in [0.2, 0.25) is 0 Å². The van der Waals surface area contributed by atoms with Crippen molar-refractivity contribution in [3.63, 3.8) is 0 Å². The van der Waals surface area contributed by atoms with Crippen molar-refractivity contribution in [3.05, 3.63) is 48.6 Å². The van der Waals surface area contributed by atoms with Gasteiger partial charge < -0.3 is 14.8 Å². The van der Waals surface area contributed by atoms with E-state index in [1.807, 2.05) is 7.05 Å². The van der Waals surface area contributed by atoms with Crippen LogP contribution in [-0.4, -0.2) is 39.5 Å². The molecule has 0 bridgehead atoms. The van der Waals surface area contributed by atoms with Gasteiger partial charge >= 0.3 is 0 Å². The molecule has 3 heteroatoms. The van der Waals surface area contributed by atoms with Gasteiger partial charge in [0.25, 0.3) is 0 Å². The molecule has 0 amide bonds. The van der Waals surface area contributed by atoms with Crippen LogP contribution in [0, 0.1) is 0 Å². The summed E-state index contributed by atoms with van der Waals surface area (Å²) < 4.78 is 12.1. The molecule has 3 nitrogen and oxygen atoms in total. The fourth-order valence-electron chi connectivity index (χ4n) is 5.14. The quantitative estimate of drug-likeness (QED) is 0.0579. The van der Waals surface area contributed by atoms with E-state index in [1.165, 1.54) is 135 Å². The second-order valence-corrected chi connectivity index (χ2v) is 12.3. The molecular weight excluding hydrogens is 526 g/mol. The van der Waals surface area contributed by atoms with Crippen molar-refractivity contribution in [3.8, 4) is 0 Å². The van der Waals surface area contributed by atoms with Crippen molar-refractivity contribution in [1.29, 1.82) is 0 Å². The molecule has 0 aliphatic carbocycles. The summed E-state index contributed by atoms with van der Waals surface area (Å²) >= 11 is 0. The third-order valence-electron chi connectivity index (χ3n) is 7.92. The van der Waals surface area contributed by atoms with Gasteiger partial charge in [-0.05, 0) is 84.1 Å². The molecule has 0 aromatic rings. The number of nitrogens with one attached hydrogen (secondary N) is 1. The fourth-order valence-corrected chi connectivity index (χ4v) is 5.14. The average molecular weight is 602 g/mol. The maximum absolute atomic E-state index is 6.12. The first-order chi connectivity index (χ1) is 21.3. The fraction of sp³-hybridized carbons (Fsp3) is 0.800. The second-order valence-electron chi connectivity index (χ2n) is 12.3. The standard InChI is InChI=1S/C40H75NO2/c1-4-6-8-10-12-14-16-18-20-22-24-26-28-30-32-34-36-42-39-40(38-41-3)43-37-35-33-31-29-27-25-23-21-19-17-15-13-11-9-7-5-2/h12-15,18-21,40-41H,4-11,16-17,22-39H2,1-3H3. The van der Waals surface area contributed by atoms with Crippen molar-refractivity contribution in [1.82, 2.24) is 5.32 Å². The lowest BCUT2D eigenvalue weighted by atomic mass is 10.1. The van der Waals surface area contributed by atoms with Crippen LogP contribution >= 0.6 is 0 Å². The lowest BCUT2D eigenvalue weighted by Crippen LogP contribution is -2.31. The van der Waals surface area contributed by atoms with E-state index in [1.54, 1.807) is 0 Å². The minimum atomic E-state index is 0.174. The molecule has 0 spiro atoms. The number of unbranched alkanes of at least 4 members (excludes halogenated alkanes) is 18. The molecule has 252 valence electrons. The molecular formula is C40H75NO2. The van der Waals surface area contributed by atoms with Gasteiger partial charge in [0.1, 0.15) is 0 Å².